The Morgan fingerprint density at radius 3 is 2.63 bits per heavy atom. The zero-order chi connectivity index (χ0) is 20.9. The minimum absolute atomic E-state index is 0.0399. The van der Waals surface area contributed by atoms with Crippen molar-refractivity contribution in [1.29, 1.82) is 0 Å². The molecule has 1 aromatic carbocycles. The summed E-state index contributed by atoms with van der Waals surface area (Å²) in [4.78, 5) is 14.0. The number of carbonyl (C=O) groups is 1. The molecule has 7 atom stereocenters. The minimum Gasteiger partial charge on any atom is -0.487 e. The molecule has 3 aliphatic heterocycles. The molecule has 2 aliphatic carbocycles. The average molecular weight is 411 g/mol. The van der Waals surface area contributed by atoms with Gasteiger partial charge in [-0.05, 0) is 30.3 Å². The smallest absolute Gasteiger partial charge is 0.169 e. The zero-order valence-electron chi connectivity index (χ0n) is 18.1. The molecule has 3 spiro atoms. The summed E-state index contributed by atoms with van der Waals surface area (Å²) in [5.41, 5.74) is -0.763. The lowest BCUT2D eigenvalue weighted by molar-refractivity contribution is -0.229. The SMILES string of the molecule is CO[C@@H]1C[C@@]23[C@@H](O1)O[C@@]14C=C(c5ccccc5)O[C@@H]1CC[C@@]24C(=O)C[C@H]3C(C)(C)C. The summed E-state index contributed by atoms with van der Waals surface area (Å²) in [5, 5.41) is 0. The molecule has 5 aliphatic rings. The van der Waals surface area contributed by atoms with E-state index in [1.807, 2.05) is 30.3 Å². The van der Waals surface area contributed by atoms with E-state index in [2.05, 4.69) is 26.8 Å². The van der Waals surface area contributed by atoms with Crippen molar-refractivity contribution < 1.29 is 23.7 Å². The first kappa shape index (κ1) is 19.0. The van der Waals surface area contributed by atoms with Crippen molar-refractivity contribution in [3.05, 3.63) is 42.0 Å². The molecule has 0 unspecified atom stereocenters. The van der Waals surface area contributed by atoms with Gasteiger partial charge in [0.15, 0.2) is 12.6 Å². The van der Waals surface area contributed by atoms with Crippen LogP contribution >= 0.6 is 0 Å². The number of benzene rings is 1. The summed E-state index contributed by atoms with van der Waals surface area (Å²) in [6.45, 7) is 6.72. The molecule has 6 rings (SSSR count). The highest BCUT2D eigenvalue weighted by Crippen LogP contribution is 2.80. The summed E-state index contributed by atoms with van der Waals surface area (Å²) in [7, 11) is 1.68. The second-order valence-corrected chi connectivity index (χ2v) is 10.8. The molecule has 0 bridgehead atoms. The second kappa shape index (κ2) is 5.76. The van der Waals surface area contributed by atoms with Crippen LogP contribution in [0.2, 0.25) is 0 Å². The van der Waals surface area contributed by atoms with Crippen LogP contribution in [-0.2, 0) is 23.7 Å². The van der Waals surface area contributed by atoms with Gasteiger partial charge in [0, 0.05) is 30.9 Å². The van der Waals surface area contributed by atoms with E-state index in [9.17, 15) is 4.79 Å². The lowest BCUT2D eigenvalue weighted by Crippen LogP contribution is -2.54. The predicted molar refractivity (Wildman–Crippen MR) is 110 cm³/mol. The molecule has 0 radical (unpaired) electrons. The Morgan fingerprint density at radius 1 is 1.17 bits per heavy atom. The van der Waals surface area contributed by atoms with Crippen molar-refractivity contribution in [2.45, 2.75) is 70.7 Å². The largest absolute Gasteiger partial charge is 0.487 e. The Kier molecular flexibility index (Phi) is 3.65. The van der Waals surface area contributed by atoms with E-state index < -0.39 is 17.3 Å². The standard InChI is InChI=1S/C25H30O5/c1-22(2,3)17-12-18(26)24-11-10-19-25(24,13-16(28-19)15-8-6-5-7-9-15)30-21-23(17,24)14-20(27-4)29-21/h5-9,13,17,19-21H,10-12,14H2,1-4H3/t17-,19+,20-,21-,23+,24+,25-/m0/s1. The zero-order valence-corrected chi connectivity index (χ0v) is 18.1. The number of ether oxygens (including phenoxy) is 4. The summed E-state index contributed by atoms with van der Waals surface area (Å²) >= 11 is 0. The van der Waals surface area contributed by atoms with E-state index in [0.29, 0.717) is 18.6 Å². The van der Waals surface area contributed by atoms with Crippen molar-refractivity contribution in [3.63, 3.8) is 0 Å². The molecule has 5 heteroatoms. The van der Waals surface area contributed by atoms with Crippen molar-refractivity contribution in [3.8, 4) is 0 Å². The van der Waals surface area contributed by atoms with Crippen LogP contribution in [0.25, 0.3) is 5.76 Å². The van der Waals surface area contributed by atoms with Crippen LogP contribution in [0.1, 0.15) is 52.0 Å². The van der Waals surface area contributed by atoms with Gasteiger partial charge in [-0.15, -0.1) is 0 Å². The number of methoxy groups -OCH3 is 1. The van der Waals surface area contributed by atoms with Crippen LogP contribution in [0.3, 0.4) is 0 Å². The van der Waals surface area contributed by atoms with Crippen LogP contribution < -0.4 is 0 Å². The van der Waals surface area contributed by atoms with E-state index in [4.69, 9.17) is 18.9 Å². The molecule has 4 fully saturated rings. The van der Waals surface area contributed by atoms with Crippen molar-refractivity contribution in [2.24, 2.45) is 22.2 Å². The van der Waals surface area contributed by atoms with Gasteiger partial charge in [0.25, 0.3) is 0 Å². The Bertz CT molecular complexity index is 933. The summed E-state index contributed by atoms with van der Waals surface area (Å²) in [6.07, 6.45) is 4.07. The fraction of sp³-hybridized carbons (Fsp3) is 0.640. The van der Waals surface area contributed by atoms with Crippen molar-refractivity contribution >= 4 is 11.5 Å². The van der Waals surface area contributed by atoms with Crippen LogP contribution in [0.5, 0.6) is 0 Å². The van der Waals surface area contributed by atoms with Crippen molar-refractivity contribution in [1.82, 2.24) is 0 Å². The third kappa shape index (κ3) is 1.94. The molecule has 2 saturated heterocycles. The van der Waals surface area contributed by atoms with Gasteiger partial charge < -0.3 is 18.9 Å². The normalized spacial score (nSPS) is 46.3. The Labute approximate surface area is 177 Å². The van der Waals surface area contributed by atoms with E-state index >= 15 is 0 Å². The van der Waals surface area contributed by atoms with Crippen LogP contribution in [0, 0.1) is 22.2 Å². The van der Waals surface area contributed by atoms with Gasteiger partial charge in [-0.1, -0.05) is 51.1 Å². The number of ketones is 1. The molecule has 0 N–H and O–H groups in total. The summed E-state index contributed by atoms with van der Waals surface area (Å²) < 4.78 is 25.2. The second-order valence-electron chi connectivity index (χ2n) is 10.8. The van der Waals surface area contributed by atoms with Gasteiger partial charge in [0.2, 0.25) is 0 Å². The molecule has 0 aromatic heterocycles. The van der Waals surface area contributed by atoms with E-state index in [1.54, 1.807) is 7.11 Å². The average Bonchev–Trinajstić information content (AvgIpc) is 3.43. The van der Waals surface area contributed by atoms with Crippen molar-refractivity contribution in [2.75, 3.05) is 7.11 Å². The fourth-order valence-corrected chi connectivity index (χ4v) is 7.68. The Hall–Kier alpha value is -1.69. The minimum atomic E-state index is -0.751. The molecule has 160 valence electrons. The maximum Gasteiger partial charge on any atom is 0.169 e. The van der Waals surface area contributed by atoms with E-state index in [-0.39, 0.29) is 29.1 Å². The molecular formula is C25H30O5. The summed E-state index contributed by atoms with van der Waals surface area (Å²) in [5.74, 6) is 1.32. The Balaban J connectivity index is 1.55. The van der Waals surface area contributed by atoms with E-state index in [0.717, 1.165) is 24.2 Å². The molecule has 5 nitrogen and oxygen atoms in total. The maximum absolute atomic E-state index is 14.0. The molecular weight excluding hydrogens is 380 g/mol. The Morgan fingerprint density at radius 2 is 1.93 bits per heavy atom. The van der Waals surface area contributed by atoms with Gasteiger partial charge >= 0.3 is 0 Å². The number of hydrogen-bond donors (Lipinski definition) is 0. The number of rotatable bonds is 2. The molecule has 0 amide bonds. The van der Waals surface area contributed by atoms with Crippen LogP contribution in [0.4, 0.5) is 0 Å². The maximum atomic E-state index is 14.0. The lowest BCUT2D eigenvalue weighted by Gasteiger charge is -2.45. The molecule has 30 heavy (non-hydrogen) atoms. The van der Waals surface area contributed by atoms with Gasteiger partial charge in [-0.25, -0.2) is 0 Å². The topological polar surface area (TPSA) is 54.0 Å². The van der Waals surface area contributed by atoms with Gasteiger partial charge in [-0.2, -0.15) is 0 Å². The van der Waals surface area contributed by atoms with Crippen LogP contribution in [0.15, 0.2) is 36.4 Å². The third-order valence-electron chi connectivity index (χ3n) is 8.69. The number of hydrogen-bond acceptors (Lipinski definition) is 5. The van der Waals surface area contributed by atoms with E-state index in [1.165, 1.54) is 0 Å². The number of Topliss-reactive ketones (excluding diaryl/α,β-unsaturated/α-hetero) is 1. The first-order valence-corrected chi connectivity index (χ1v) is 11.1. The molecule has 2 saturated carbocycles. The molecule has 3 heterocycles. The first-order valence-electron chi connectivity index (χ1n) is 11.1. The van der Waals surface area contributed by atoms with Gasteiger partial charge in [0.1, 0.15) is 23.2 Å². The van der Waals surface area contributed by atoms with Crippen LogP contribution in [-0.4, -0.2) is 37.2 Å². The highest BCUT2D eigenvalue weighted by Gasteiger charge is 2.88. The summed E-state index contributed by atoms with van der Waals surface area (Å²) in [6, 6.07) is 10.1. The van der Waals surface area contributed by atoms with Gasteiger partial charge in [-0.3, -0.25) is 4.79 Å². The fourth-order valence-electron chi connectivity index (χ4n) is 7.68. The third-order valence-corrected chi connectivity index (χ3v) is 8.69. The highest BCUT2D eigenvalue weighted by atomic mass is 16.8. The first-order chi connectivity index (χ1) is 14.3. The molecule has 1 aromatic rings. The lowest BCUT2D eigenvalue weighted by atomic mass is 9.53. The highest BCUT2D eigenvalue weighted by molar-refractivity contribution is 5.93. The quantitative estimate of drug-likeness (QED) is 0.727. The number of carbonyl (C=O) groups excluding carboxylic acids is 1. The monoisotopic (exact) mass is 410 g/mol. The predicted octanol–water partition coefficient (Wildman–Crippen LogP) is 4.32. The van der Waals surface area contributed by atoms with Gasteiger partial charge in [0.05, 0.1) is 5.41 Å².